The van der Waals surface area contributed by atoms with Gasteiger partial charge in [0.1, 0.15) is 11.6 Å². The molecule has 1 N–H and O–H groups in total. The van der Waals surface area contributed by atoms with E-state index < -0.39 is 11.6 Å². The van der Waals surface area contributed by atoms with Gasteiger partial charge in [-0.3, -0.25) is 0 Å². The Kier molecular flexibility index (Phi) is 3.60. The van der Waals surface area contributed by atoms with E-state index in [9.17, 15) is 8.78 Å². The van der Waals surface area contributed by atoms with E-state index in [0.29, 0.717) is 16.4 Å². The zero-order chi connectivity index (χ0) is 11.7. The van der Waals surface area contributed by atoms with Crippen LogP contribution >= 0.6 is 15.9 Å². The number of hydrogen-bond donors (Lipinski definition) is 1. The van der Waals surface area contributed by atoms with Gasteiger partial charge >= 0.3 is 0 Å². The normalized spacial score (nSPS) is 23.5. The number of nitrogens with one attached hydrogen (secondary N) is 1. The Morgan fingerprint density at radius 3 is 2.81 bits per heavy atom. The van der Waals surface area contributed by atoms with Crippen molar-refractivity contribution in [3.63, 3.8) is 0 Å². The van der Waals surface area contributed by atoms with E-state index >= 15 is 0 Å². The van der Waals surface area contributed by atoms with Gasteiger partial charge in [-0.25, -0.2) is 8.78 Å². The van der Waals surface area contributed by atoms with Gasteiger partial charge in [0.15, 0.2) is 0 Å². The van der Waals surface area contributed by atoms with E-state index in [4.69, 9.17) is 0 Å². The second kappa shape index (κ2) is 4.80. The summed E-state index contributed by atoms with van der Waals surface area (Å²) in [5.41, 5.74) is 0.121. The number of hydrogen-bond acceptors (Lipinski definition) is 1. The smallest absolute Gasteiger partial charge is 0.144 e. The lowest BCUT2D eigenvalue weighted by atomic mass is 10.2. The monoisotopic (exact) mass is 289 g/mol. The largest absolute Gasteiger partial charge is 0.309 e. The van der Waals surface area contributed by atoms with Crippen molar-refractivity contribution in [2.45, 2.75) is 32.4 Å². The summed E-state index contributed by atoms with van der Waals surface area (Å²) < 4.78 is 27.3. The molecule has 1 fully saturated rings. The van der Waals surface area contributed by atoms with Crippen LogP contribution in [0.5, 0.6) is 0 Å². The van der Waals surface area contributed by atoms with Gasteiger partial charge in [-0.2, -0.15) is 0 Å². The summed E-state index contributed by atoms with van der Waals surface area (Å²) in [6, 6.07) is 3.11. The van der Waals surface area contributed by atoms with Gasteiger partial charge in [-0.1, -0.05) is 13.3 Å². The lowest BCUT2D eigenvalue weighted by molar-refractivity contribution is 0.524. The fourth-order valence-electron chi connectivity index (χ4n) is 1.91. The van der Waals surface area contributed by atoms with Crippen LogP contribution in [-0.2, 0) is 6.54 Å². The Labute approximate surface area is 102 Å². The molecular weight excluding hydrogens is 276 g/mol. The number of benzene rings is 1. The van der Waals surface area contributed by atoms with Crippen molar-refractivity contribution < 1.29 is 8.78 Å². The minimum atomic E-state index is -0.499. The third-order valence-electron chi connectivity index (χ3n) is 3.13. The molecule has 1 aliphatic carbocycles. The fraction of sp³-hybridized carbons (Fsp3) is 0.500. The molecule has 1 aromatic carbocycles. The topological polar surface area (TPSA) is 12.0 Å². The SMILES string of the molecule is CCC1CC1NCc1c(F)ccc(Br)c1F. The van der Waals surface area contributed by atoms with Gasteiger partial charge in [0.05, 0.1) is 4.47 Å². The van der Waals surface area contributed by atoms with Crippen LogP contribution < -0.4 is 5.32 Å². The molecule has 1 aromatic rings. The number of halogens is 3. The van der Waals surface area contributed by atoms with Gasteiger partial charge in [0.2, 0.25) is 0 Å². The van der Waals surface area contributed by atoms with Crippen LogP contribution in [0.3, 0.4) is 0 Å². The van der Waals surface area contributed by atoms with Crippen molar-refractivity contribution in [1.29, 1.82) is 0 Å². The molecule has 0 aliphatic heterocycles. The maximum Gasteiger partial charge on any atom is 0.144 e. The molecule has 4 heteroatoms. The lowest BCUT2D eigenvalue weighted by Crippen LogP contribution is -2.19. The minimum Gasteiger partial charge on any atom is -0.309 e. The zero-order valence-corrected chi connectivity index (χ0v) is 10.7. The Hall–Kier alpha value is -0.480. The van der Waals surface area contributed by atoms with E-state index in [2.05, 4.69) is 28.2 Å². The third kappa shape index (κ3) is 2.43. The summed E-state index contributed by atoms with van der Waals surface area (Å²) >= 11 is 3.06. The molecule has 2 rings (SSSR count). The molecule has 2 unspecified atom stereocenters. The van der Waals surface area contributed by atoms with E-state index in [0.717, 1.165) is 12.8 Å². The molecule has 88 valence electrons. The van der Waals surface area contributed by atoms with Crippen LogP contribution in [0, 0.1) is 17.6 Å². The van der Waals surface area contributed by atoms with Crippen molar-refractivity contribution in [1.82, 2.24) is 5.32 Å². The molecule has 1 saturated carbocycles. The van der Waals surface area contributed by atoms with E-state index in [1.807, 2.05) is 0 Å². The van der Waals surface area contributed by atoms with Gasteiger partial charge in [0, 0.05) is 18.2 Å². The van der Waals surface area contributed by atoms with Gasteiger partial charge in [-0.05, 0) is 40.4 Å². The van der Waals surface area contributed by atoms with Crippen molar-refractivity contribution in [3.05, 3.63) is 33.8 Å². The summed E-state index contributed by atoms with van der Waals surface area (Å²) in [6.07, 6.45) is 2.24. The van der Waals surface area contributed by atoms with Crippen LogP contribution in [0.1, 0.15) is 25.3 Å². The van der Waals surface area contributed by atoms with E-state index in [1.54, 1.807) is 0 Å². The summed E-state index contributed by atoms with van der Waals surface area (Å²) in [5.74, 6) is -0.304. The third-order valence-corrected chi connectivity index (χ3v) is 3.74. The highest BCUT2D eigenvalue weighted by atomic mass is 79.9. The summed E-state index contributed by atoms with van der Waals surface area (Å²) in [5, 5.41) is 3.18. The molecule has 0 heterocycles. The molecule has 1 nitrogen and oxygen atoms in total. The molecule has 0 saturated heterocycles. The maximum atomic E-state index is 13.6. The first-order valence-electron chi connectivity index (χ1n) is 5.49. The van der Waals surface area contributed by atoms with Crippen molar-refractivity contribution in [3.8, 4) is 0 Å². The predicted octanol–water partition coefficient (Wildman–Crippen LogP) is 3.62. The molecule has 0 spiro atoms. The summed E-state index contributed by atoms with van der Waals surface area (Å²) in [7, 11) is 0. The molecular formula is C12H14BrF2N. The van der Waals surface area contributed by atoms with Gasteiger partial charge in [-0.15, -0.1) is 0 Å². The quantitative estimate of drug-likeness (QED) is 0.835. The fourth-order valence-corrected chi connectivity index (χ4v) is 2.28. The van der Waals surface area contributed by atoms with Crippen molar-refractivity contribution in [2.75, 3.05) is 0 Å². The van der Waals surface area contributed by atoms with Crippen LogP contribution in [0.15, 0.2) is 16.6 Å². The van der Waals surface area contributed by atoms with Gasteiger partial charge < -0.3 is 5.32 Å². The highest BCUT2D eigenvalue weighted by Crippen LogP contribution is 2.33. The standard InChI is InChI=1S/C12H14BrF2N/c1-2-7-5-11(7)16-6-8-10(14)4-3-9(13)12(8)15/h3-4,7,11,16H,2,5-6H2,1H3. The van der Waals surface area contributed by atoms with Crippen LogP contribution in [0.25, 0.3) is 0 Å². The molecule has 0 amide bonds. The Balaban J connectivity index is 2.01. The zero-order valence-electron chi connectivity index (χ0n) is 9.06. The average molecular weight is 290 g/mol. The first kappa shape index (κ1) is 12.0. The molecule has 2 atom stereocenters. The second-order valence-corrected chi connectivity index (χ2v) is 5.07. The minimum absolute atomic E-state index is 0.121. The Morgan fingerprint density at radius 1 is 1.44 bits per heavy atom. The highest BCUT2D eigenvalue weighted by molar-refractivity contribution is 9.10. The summed E-state index contributed by atoms with van der Waals surface area (Å²) in [6.45, 7) is 2.39. The van der Waals surface area contributed by atoms with Crippen LogP contribution in [-0.4, -0.2) is 6.04 Å². The van der Waals surface area contributed by atoms with Crippen molar-refractivity contribution >= 4 is 15.9 Å². The molecule has 16 heavy (non-hydrogen) atoms. The molecule has 0 radical (unpaired) electrons. The van der Waals surface area contributed by atoms with Crippen LogP contribution in [0.2, 0.25) is 0 Å². The molecule has 1 aliphatic rings. The van der Waals surface area contributed by atoms with E-state index in [1.165, 1.54) is 12.1 Å². The van der Waals surface area contributed by atoms with Crippen LogP contribution in [0.4, 0.5) is 8.78 Å². The Morgan fingerprint density at radius 2 is 2.19 bits per heavy atom. The number of rotatable bonds is 4. The molecule has 0 aromatic heterocycles. The lowest BCUT2D eigenvalue weighted by Gasteiger charge is -2.07. The Bertz CT molecular complexity index is 395. The average Bonchev–Trinajstić information content (AvgIpc) is 3.02. The summed E-state index contributed by atoms with van der Waals surface area (Å²) in [4.78, 5) is 0. The second-order valence-electron chi connectivity index (χ2n) is 4.21. The molecule has 0 bridgehead atoms. The van der Waals surface area contributed by atoms with Gasteiger partial charge in [0.25, 0.3) is 0 Å². The highest BCUT2D eigenvalue weighted by Gasteiger charge is 2.34. The van der Waals surface area contributed by atoms with E-state index in [-0.39, 0.29) is 12.1 Å². The van der Waals surface area contributed by atoms with Crippen molar-refractivity contribution in [2.24, 2.45) is 5.92 Å². The first-order chi connectivity index (χ1) is 7.63. The predicted molar refractivity (Wildman–Crippen MR) is 63.1 cm³/mol. The first-order valence-corrected chi connectivity index (χ1v) is 6.28. The maximum absolute atomic E-state index is 13.6.